The zero-order chi connectivity index (χ0) is 20.8. The van der Waals surface area contributed by atoms with Gasteiger partial charge in [-0.15, -0.1) is 0 Å². The fourth-order valence-corrected chi connectivity index (χ4v) is 2.99. The van der Waals surface area contributed by atoms with Crippen molar-refractivity contribution in [2.75, 3.05) is 6.61 Å². The van der Waals surface area contributed by atoms with Crippen LogP contribution in [-0.2, 0) is 22.5 Å². The number of benzene rings is 1. The molecule has 5 N–H and O–H groups in total. The molecular weight excluding hydrogens is 380 g/mol. The molecule has 2 heterocycles. The quantitative estimate of drug-likeness (QED) is 0.401. The van der Waals surface area contributed by atoms with E-state index in [2.05, 4.69) is 10.3 Å². The van der Waals surface area contributed by atoms with Crippen molar-refractivity contribution < 1.29 is 34.7 Å². The topological polar surface area (TPSA) is 141 Å². The van der Waals surface area contributed by atoms with E-state index in [0.717, 1.165) is 5.56 Å². The first-order chi connectivity index (χ1) is 14.0. The Balaban J connectivity index is 1.64. The Kier molecular flexibility index (Phi) is 7.13. The van der Waals surface area contributed by atoms with E-state index in [1.165, 1.54) is 0 Å². The summed E-state index contributed by atoms with van der Waals surface area (Å²) in [6.07, 6.45) is -3.61. The van der Waals surface area contributed by atoms with Gasteiger partial charge in [-0.1, -0.05) is 18.2 Å². The molecule has 0 bridgehead atoms. The number of nitrogens with one attached hydrogen (secondary N) is 1. The van der Waals surface area contributed by atoms with Crippen molar-refractivity contribution in [1.82, 2.24) is 10.3 Å². The minimum absolute atomic E-state index is 0.0265. The first-order valence-corrected chi connectivity index (χ1v) is 9.20. The van der Waals surface area contributed by atoms with Crippen molar-refractivity contribution >= 4 is 5.91 Å². The molecule has 156 valence electrons. The number of nitrogens with zero attached hydrogens (tertiary/aromatic N) is 1. The zero-order valence-electron chi connectivity index (χ0n) is 15.6. The number of aromatic nitrogens is 1. The highest BCUT2D eigenvalue weighted by molar-refractivity contribution is 5.79. The summed E-state index contributed by atoms with van der Waals surface area (Å²) in [5.74, 6) is 0.0579. The third kappa shape index (κ3) is 5.28. The van der Waals surface area contributed by atoms with Crippen LogP contribution in [0.2, 0.25) is 0 Å². The third-order valence-corrected chi connectivity index (χ3v) is 4.65. The second-order valence-corrected chi connectivity index (χ2v) is 6.73. The highest BCUT2D eigenvalue weighted by Crippen LogP contribution is 2.26. The number of amides is 1. The molecule has 1 aliphatic rings. The predicted molar refractivity (Wildman–Crippen MR) is 101 cm³/mol. The van der Waals surface area contributed by atoms with Crippen molar-refractivity contribution in [2.24, 2.45) is 0 Å². The second-order valence-electron chi connectivity index (χ2n) is 6.73. The Bertz CT molecular complexity index is 802. The smallest absolute Gasteiger partial charge is 0.229 e. The Morgan fingerprint density at radius 3 is 2.52 bits per heavy atom. The van der Waals surface area contributed by atoms with Gasteiger partial charge in [0.25, 0.3) is 0 Å². The van der Waals surface area contributed by atoms with Gasteiger partial charge in [0, 0.05) is 24.5 Å². The molecule has 1 aliphatic heterocycles. The summed E-state index contributed by atoms with van der Waals surface area (Å²) < 4.78 is 11.0. The minimum Gasteiger partial charge on any atom is -0.462 e. The van der Waals surface area contributed by atoms with Gasteiger partial charge in [-0.25, -0.2) is 0 Å². The lowest BCUT2D eigenvalue weighted by molar-refractivity contribution is -0.277. The highest BCUT2D eigenvalue weighted by atomic mass is 16.7. The van der Waals surface area contributed by atoms with Crippen LogP contribution in [0.3, 0.4) is 0 Å². The van der Waals surface area contributed by atoms with Gasteiger partial charge in [-0.3, -0.25) is 9.78 Å². The maximum absolute atomic E-state index is 12.3. The molecule has 1 aromatic carbocycles. The minimum atomic E-state index is -1.54. The maximum Gasteiger partial charge on any atom is 0.229 e. The summed E-state index contributed by atoms with van der Waals surface area (Å²) in [6.45, 7) is -0.193. The molecule has 1 saturated heterocycles. The number of carbonyl (C=O) groups is 1. The van der Waals surface area contributed by atoms with E-state index < -0.39 is 37.3 Å². The molecule has 0 radical (unpaired) electrons. The SMILES string of the molecule is O=C(Cc1ccccc1OC1OC(CO)C(O)C(O)C1O)NCc1ccncc1. The number of pyridine rings is 1. The van der Waals surface area contributed by atoms with Gasteiger partial charge in [-0.05, 0) is 23.8 Å². The van der Waals surface area contributed by atoms with E-state index in [4.69, 9.17) is 9.47 Å². The van der Waals surface area contributed by atoms with Gasteiger partial charge < -0.3 is 35.2 Å². The van der Waals surface area contributed by atoms with Crippen molar-refractivity contribution in [2.45, 2.75) is 43.7 Å². The average Bonchev–Trinajstić information content (AvgIpc) is 2.74. The molecule has 2 aromatic rings. The van der Waals surface area contributed by atoms with E-state index in [1.54, 1.807) is 48.8 Å². The maximum atomic E-state index is 12.3. The standard InChI is InChI=1S/C20H24N2O7/c23-11-15-17(25)18(26)19(27)20(29-15)28-14-4-2-1-3-13(14)9-16(24)22-10-12-5-7-21-8-6-12/h1-8,15,17-20,23,25-27H,9-11H2,(H,22,24). The molecule has 0 aliphatic carbocycles. The number of aliphatic hydroxyl groups excluding tert-OH is 4. The van der Waals surface area contributed by atoms with E-state index >= 15 is 0 Å². The summed E-state index contributed by atoms with van der Waals surface area (Å²) in [5, 5.41) is 42.0. The molecule has 9 nitrogen and oxygen atoms in total. The Morgan fingerprint density at radius 1 is 1.07 bits per heavy atom. The third-order valence-electron chi connectivity index (χ3n) is 4.65. The first-order valence-electron chi connectivity index (χ1n) is 9.20. The fourth-order valence-electron chi connectivity index (χ4n) is 2.99. The van der Waals surface area contributed by atoms with Crippen LogP contribution in [0.15, 0.2) is 48.8 Å². The first kappa shape index (κ1) is 21.2. The van der Waals surface area contributed by atoms with Crippen LogP contribution in [0.5, 0.6) is 5.75 Å². The van der Waals surface area contributed by atoms with E-state index in [1.807, 2.05) is 0 Å². The molecular formula is C20H24N2O7. The number of rotatable bonds is 7. The summed E-state index contributed by atoms with van der Waals surface area (Å²) >= 11 is 0. The molecule has 3 rings (SSSR count). The molecule has 9 heteroatoms. The van der Waals surface area contributed by atoms with E-state index in [9.17, 15) is 25.2 Å². The number of hydrogen-bond acceptors (Lipinski definition) is 8. The molecule has 0 spiro atoms. The summed E-state index contributed by atoms with van der Waals surface area (Å²) in [7, 11) is 0. The molecule has 1 fully saturated rings. The second kappa shape index (κ2) is 9.77. The molecule has 29 heavy (non-hydrogen) atoms. The van der Waals surface area contributed by atoms with Crippen molar-refractivity contribution in [1.29, 1.82) is 0 Å². The van der Waals surface area contributed by atoms with Crippen LogP contribution >= 0.6 is 0 Å². The summed E-state index contributed by atoms with van der Waals surface area (Å²) in [6, 6.07) is 10.3. The predicted octanol–water partition coefficient (Wildman–Crippen LogP) is -0.881. The number of carbonyl (C=O) groups excluding carboxylic acids is 1. The van der Waals surface area contributed by atoms with Gasteiger partial charge in [-0.2, -0.15) is 0 Å². The zero-order valence-corrected chi connectivity index (χ0v) is 15.6. The number of aliphatic hydroxyl groups is 4. The number of para-hydroxylation sites is 1. The average molecular weight is 404 g/mol. The van der Waals surface area contributed by atoms with Crippen molar-refractivity contribution in [3.05, 3.63) is 59.9 Å². The molecule has 0 saturated carbocycles. The fraction of sp³-hybridized carbons (Fsp3) is 0.400. The Morgan fingerprint density at radius 2 is 1.79 bits per heavy atom. The normalized spacial score (nSPS) is 26.7. The van der Waals surface area contributed by atoms with Crippen molar-refractivity contribution in [3.8, 4) is 5.75 Å². The van der Waals surface area contributed by atoms with Crippen LogP contribution in [0.25, 0.3) is 0 Å². The van der Waals surface area contributed by atoms with Gasteiger partial charge in [0.2, 0.25) is 12.2 Å². The van der Waals surface area contributed by atoms with E-state index in [0.29, 0.717) is 12.1 Å². The molecule has 1 aromatic heterocycles. The molecule has 5 atom stereocenters. The van der Waals surface area contributed by atoms with Gasteiger partial charge in [0.1, 0.15) is 30.2 Å². The highest BCUT2D eigenvalue weighted by Gasteiger charge is 2.44. The van der Waals surface area contributed by atoms with Crippen LogP contribution in [0.1, 0.15) is 11.1 Å². The lowest BCUT2D eigenvalue weighted by Crippen LogP contribution is -2.60. The lowest BCUT2D eigenvalue weighted by Gasteiger charge is -2.39. The van der Waals surface area contributed by atoms with Crippen LogP contribution < -0.4 is 10.1 Å². The molecule has 5 unspecified atom stereocenters. The Hall–Kier alpha value is -2.56. The van der Waals surface area contributed by atoms with E-state index in [-0.39, 0.29) is 18.1 Å². The summed E-state index contributed by atoms with van der Waals surface area (Å²) in [4.78, 5) is 16.2. The summed E-state index contributed by atoms with van der Waals surface area (Å²) in [5.41, 5.74) is 1.47. The monoisotopic (exact) mass is 404 g/mol. The molecule has 1 amide bonds. The van der Waals surface area contributed by atoms with Crippen LogP contribution in [-0.4, -0.2) is 68.6 Å². The Labute approximate surface area is 167 Å². The lowest BCUT2D eigenvalue weighted by atomic mass is 9.99. The van der Waals surface area contributed by atoms with Crippen LogP contribution in [0.4, 0.5) is 0 Å². The van der Waals surface area contributed by atoms with Gasteiger partial charge >= 0.3 is 0 Å². The largest absolute Gasteiger partial charge is 0.462 e. The number of hydrogen-bond donors (Lipinski definition) is 5. The van der Waals surface area contributed by atoms with Crippen molar-refractivity contribution in [3.63, 3.8) is 0 Å². The van der Waals surface area contributed by atoms with Gasteiger partial charge in [0.05, 0.1) is 13.0 Å². The van der Waals surface area contributed by atoms with Gasteiger partial charge in [0.15, 0.2) is 0 Å². The van der Waals surface area contributed by atoms with Crippen LogP contribution in [0, 0.1) is 0 Å². The number of ether oxygens (including phenoxy) is 2.